The van der Waals surface area contributed by atoms with E-state index < -0.39 is 0 Å². The lowest BCUT2D eigenvalue weighted by molar-refractivity contribution is 0.573. The molecule has 1 heterocycles. The van der Waals surface area contributed by atoms with Crippen molar-refractivity contribution in [3.8, 4) is 0 Å². The highest BCUT2D eigenvalue weighted by molar-refractivity contribution is 7.09. The summed E-state index contributed by atoms with van der Waals surface area (Å²) in [7, 11) is 0. The van der Waals surface area contributed by atoms with Crippen molar-refractivity contribution in [2.24, 2.45) is 0 Å². The van der Waals surface area contributed by atoms with Gasteiger partial charge in [-0.05, 0) is 19.4 Å². The maximum atomic E-state index is 4.26. The smallest absolute Gasteiger partial charge is 0.106 e. The molecule has 0 aliphatic rings. The van der Waals surface area contributed by atoms with Gasteiger partial charge in [-0.3, -0.25) is 0 Å². The van der Waals surface area contributed by atoms with Crippen LogP contribution in [0.3, 0.4) is 0 Å². The first-order chi connectivity index (χ1) is 7.75. The molecule has 1 aromatic carbocycles. The number of aromatic nitrogens is 1. The van der Waals surface area contributed by atoms with Crippen LogP contribution < -0.4 is 5.32 Å². The number of aryl methyl sites for hydroxylation is 1. The van der Waals surface area contributed by atoms with Crippen molar-refractivity contribution < 1.29 is 0 Å². The van der Waals surface area contributed by atoms with E-state index in [0.717, 1.165) is 11.6 Å². The van der Waals surface area contributed by atoms with E-state index in [1.165, 1.54) is 11.1 Å². The molecule has 0 aliphatic heterocycles. The fourth-order valence-corrected chi connectivity index (χ4v) is 2.21. The SMILES string of the molecule is Cc1cccc(C(C)NCc2nccs2)c1. The summed E-state index contributed by atoms with van der Waals surface area (Å²) in [5.41, 5.74) is 2.64. The Balaban J connectivity index is 1.95. The molecule has 2 rings (SSSR count). The van der Waals surface area contributed by atoms with Crippen LogP contribution in [-0.2, 0) is 6.54 Å². The van der Waals surface area contributed by atoms with Gasteiger partial charge in [0.1, 0.15) is 5.01 Å². The number of hydrogen-bond acceptors (Lipinski definition) is 3. The third kappa shape index (κ3) is 2.90. The summed E-state index contributed by atoms with van der Waals surface area (Å²) in [6.45, 7) is 5.15. The summed E-state index contributed by atoms with van der Waals surface area (Å²) in [6.07, 6.45) is 1.85. The molecule has 2 aromatic rings. The Bertz CT molecular complexity index is 437. The van der Waals surface area contributed by atoms with Gasteiger partial charge in [0, 0.05) is 24.2 Å². The minimum atomic E-state index is 0.365. The molecule has 1 aromatic heterocycles. The van der Waals surface area contributed by atoms with Crippen molar-refractivity contribution in [2.75, 3.05) is 0 Å². The van der Waals surface area contributed by atoms with E-state index in [1.54, 1.807) is 11.3 Å². The van der Waals surface area contributed by atoms with E-state index in [2.05, 4.69) is 48.4 Å². The largest absolute Gasteiger partial charge is 0.304 e. The summed E-state index contributed by atoms with van der Waals surface area (Å²) in [5, 5.41) is 6.62. The van der Waals surface area contributed by atoms with Gasteiger partial charge in [0.15, 0.2) is 0 Å². The third-order valence-corrected chi connectivity index (χ3v) is 3.36. The van der Waals surface area contributed by atoms with E-state index in [0.29, 0.717) is 6.04 Å². The number of thiazole rings is 1. The second kappa shape index (κ2) is 5.23. The summed E-state index contributed by atoms with van der Waals surface area (Å²) >= 11 is 1.69. The number of nitrogens with one attached hydrogen (secondary N) is 1. The Labute approximate surface area is 100 Å². The monoisotopic (exact) mass is 232 g/mol. The quantitative estimate of drug-likeness (QED) is 0.875. The van der Waals surface area contributed by atoms with E-state index in [4.69, 9.17) is 0 Å². The maximum absolute atomic E-state index is 4.26. The van der Waals surface area contributed by atoms with Gasteiger partial charge < -0.3 is 5.32 Å². The van der Waals surface area contributed by atoms with Crippen molar-refractivity contribution in [1.29, 1.82) is 0 Å². The Morgan fingerprint density at radius 3 is 3.00 bits per heavy atom. The first-order valence-corrected chi connectivity index (χ1v) is 6.32. The van der Waals surface area contributed by atoms with Crippen LogP contribution in [0.2, 0.25) is 0 Å². The molecule has 0 spiro atoms. The van der Waals surface area contributed by atoms with Crippen LogP contribution in [0.1, 0.15) is 29.1 Å². The average molecular weight is 232 g/mol. The summed E-state index contributed by atoms with van der Waals surface area (Å²) < 4.78 is 0. The molecule has 0 aliphatic carbocycles. The number of hydrogen-bond donors (Lipinski definition) is 1. The fraction of sp³-hybridized carbons (Fsp3) is 0.308. The Hall–Kier alpha value is -1.19. The van der Waals surface area contributed by atoms with Crippen molar-refractivity contribution in [2.45, 2.75) is 26.4 Å². The molecule has 0 saturated carbocycles. The Morgan fingerprint density at radius 1 is 1.44 bits per heavy atom. The van der Waals surface area contributed by atoms with Gasteiger partial charge in [0.25, 0.3) is 0 Å². The minimum Gasteiger partial charge on any atom is -0.304 e. The van der Waals surface area contributed by atoms with Crippen molar-refractivity contribution in [3.05, 3.63) is 52.0 Å². The number of benzene rings is 1. The molecule has 0 saturated heterocycles. The predicted molar refractivity (Wildman–Crippen MR) is 68.5 cm³/mol. The van der Waals surface area contributed by atoms with Crippen LogP contribution in [-0.4, -0.2) is 4.98 Å². The van der Waals surface area contributed by atoms with Gasteiger partial charge >= 0.3 is 0 Å². The van der Waals surface area contributed by atoms with Crippen LogP contribution in [0, 0.1) is 6.92 Å². The highest BCUT2D eigenvalue weighted by Crippen LogP contribution is 2.14. The van der Waals surface area contributed by atoms with Gasteiger partial charge in [-0.15, -0.1) is 11.3 Å². The highest BCUT2D eigenvalue weighted by atomic mass is 32.1. The van der Waals surface area contributed by atoms with E-state index in [9.17, 15) is 0 Å². The molecule has 3 heteroatoms. The van der Waals surface area contributed by atoms with E-state index in [1.807, 2.05) is 11.6 Å². The molecule has 2 nitrogen and oxygen atoms in total. The molecule has 0 fully saturated rings. The molecule has 84 valence electrons. The van der Waals surface area contributed by atoms with Crippen molar-refractivity contribution in [1.82, 2.24) is 10.3 Å². The summed E-state index contributed by atoms with van der Waals surface area (Å²) in [5.74, 6) is 0. The van der Waals surface area contributed by atoms with Crippen molar-refractivity contribution in [3.63, 3.8) is 0 Å². The second-order valence-corrected chi connectivity index (χ2v) is 4.92. The fourth-order valence-electron chi connectivity index (χ4n) is 1.64. The molecule has 0 amide bonds. The summed E-state index contributed by atoms with van der Waals surface area (Å²) in [4.78, 5) is 4.26. The van der Waals surface area contributed by atoms with Crippen LogP contribution in [0.5, 0.6) is 0 Å². The zero-order chi connectivity index (χ0) is 11.4. The standard InChI is InChI=1S/C13H16N2S/c1-10-4-3-5-12(8-10)11(2)15-9-13-14-6-7-16-13/h3-8,11,15H,9H2,1-2H3. The molecule has 1 N–H and O–H groups in total. The minimum absolute atomic E-state index is 0.365. The van der Waals surface area contributed by atoms with Crippen LogP contribution >= 0.6 is 11.3 Å². The first kappa shape index (κ1) is 11.3. The summed E-state index contributed by atoms with van der Waals surface area (Å²) in [6, 6.07) is 8.97. The zero-order valence-corrected chi connectivity index (χ0v) is 10.4. The average Bonchev–Trinajstić information content (AvgIpc) is 2.78. The Kier molecular flexibility index (Phi) is 3.70. The van der Waals surface area contributed by atoms with Gasteiger partial charge in [0.2, 0.25) is 0 Å². The normalized spacial score (nSPS) is 12.6. The third-order valence-electron chi connectivity index (χ3n) is 2.59. The molecule has 0 radical (unpaired) electrons. The van der Waals surface area contributed by atoms with Crippen LogP contribution in [0.15, 0.2) is 35.8 Å². The van der Waals surface area contributed by atoms with Crippen LogP contribution in [0.4, 0.5) is 0 Å². The predicted octanol–water partition coefficient (Wildman–Crippen LogP) is 3.30. The molecule has 0 bridgehead atoms. The lowest BCUT2D eigenvalue weighted by Gasteiger charge is -2.13. The molecular weight excluding hydrogens is 216 g/mol. The van der Waals surface area contributed by atoms with E-state index in [-0.39, 0.29) is 0 Å². The van der Waals surface area contributed by atoms with Crippen LogP contribution in [0.25, 0.3) is 0 Å². The molecular formula is C13H16N2S. The van der Waals surface area contributed by atoms with Gasteiger partial charge in [-0.1, -0.05) is 29.8 Å². The molecule has 16 heavy (non-hydrogen) atoms. The molecule has 1 unspecified atom stereocenters. The zero-order valence-electron chi connectivity index (χ0n) is 9.60. The van der Waals surface area contributed by atoms with Gasteiger partial charge in [-0.2, -0.15) is 0 Å². The second-order valence-electron chi connectivity index (χ2n) is 3.94. The maximum Gasteiger partial charge on any atom is 0.106 e. The Morgan fingerprint density at radius 2 is 2.31 bits per heavy atom. The lowest BCUT2D eigenvalue weighted by Crippen LogP contribution is -2.17. The topological polar surface area (TPSA) is 24.9 Å². The molecule has 1 atom stereocenters. The first-order valence-electron chi connectivity index (χ1n) is 5.44. The van der Waals surface area contributed by atoms with Gasteiger partial charge in [0.05, 0.1) is 0 Å². The van der Waals surface area contributed by atoms with E-state index >= 15 is 0 Å². The van der Waals surface area contributed by atoms with Crippen molar-refractivity contribution >= 4 is 11.3 Å². The number of rotatable bonds is 4. The van der Waals surface area contributed by atoms with Gasteiger partial charge in [-0.25, -0.2) is 4.98 Å². The highest BCUT2D eigenvalue weighted by Gasteiger charge is 2.05. The number of nitrogens with zero attached hydrogens (tertiary/aromatic N) is 1. The lowest BCUT2D eigenvalue weighted by atomic mass is 10.1.